The average Bonchev–Trinajstić information content (AvgIpc) is 2.23. The molecule has 1 fully saturated rings. The highest BCUT2D eigenvalue weighted by molar-refractivity contribution is 7.98. The zero-order valence-corrected chi connectivity index (χ0v) is 9.74. The molecule has 1 saturated heterocycles. The zero-order chi connectivity index (χ0) is 10.5. The van der Waals surface area contributed by atoms with Crippen LogP contribution in [0.15, 0.2) is 24.4 Å². The SMILES string of the molecule is CSCN1CC(COc2ccccn2)C1. The predicted molar refractivity (Wildman–Crippen MR) is 63.2 cm³/mol. The number of rotatable bonds is 5. The Bertz CT molecular complexity index is 288. The highest BCUT2D eigenvalue weighted by Crippen LogP contribution is 2.18. The van der Waals surface area contributed by atoms with Crippen molar-refractivity contribution in [3.05, 3.63) is 24.4 Å². The van der Waals surface area contributed by atoms with E-state index in [2.05, 4.69) is 16.1 Å². The van der Waals surface area contributed by atoms with Gasteiger partial charge in [0.25, 0.3) is 0 Å². The average molecular weight is 224 g/mol. The molecule has 0 N–H and O–H groups in total. The standard InChI is InChI=1S/C11H16N2OS/c1-15-9-13-6-10(7-13)8-14-11-4-2-3-5-12-11/h2-5,10H,6-9H2,1H3. The number of hydrogen-bond donors (Lipinski definition) is 0. The first-order valence-corrected chi connectivity index (χ1v) is 6.53. The molecule has 2 rings (SSSR count). The Kier molecular flexibility index (Phi) is 3.86. The second-order valence-electron chi connectivity index (χ2n) is 3.80. The molecule has 0 saturated carbocycles. The maximum atomic E-state index is 5.59. The summed E-state index contributed by atoms with van der Waals surface area (Å²) in [6, 6.07) is 5.75. The molecule has 1 aliphatic rings. The summed E-state index contributed by atoms with van der Waals surface area (Å²) >= 11 is 1.87. The van der Waals surface area contributed by atoms with Crippen LogP contribution in [0.3, 0.4) is 0 Å². The molecule has 3 nitrogen and oxygen atoms in total. The molecule has 0 atom stereocenters. The molecule has 0 bridgehead atoms. The number of likely N-dealkylation sites (tertiary alicyclic amines) is 1. The summed E-state index contributed by atoms with van der Waals surface area (Å²) in [5.41, 5.74) is 0. The molecule has 4 heteroatoms. The van der Waals surface area contributed by atoms with Crippen molar-refractivity contribution in [2.45, 2.75) is 0 Å². The van der Waals surface area contributed by atoms with Crippen molar-refractivity contribution < 1.29 is 4.74 Å². The van der Waals surface area contributed by atoms with E-state index >= 15 is 0 Å². The predicted octanol–water partition coefficient (Wildman–Crippen LogP) is 1.71. The molecule has 0 amide bonds. The van der Waals surface area contributed by atoms with Gasteiger partial charge >= 0.3 is 0 Å². The third kappa shape index (κ3) is 3.11. The Hall–Kier alpha value is -0.740. The van der Waals surface area contributed by atoms with Crippen LogP contribution in [-0.2, 0) is 0 Å². The summed E-state index contributed by atoms with van der Waals surface area (Å²) in [5.74, 6) is 2.56. The van der Waals surface area contributed by atoms with Crippen LogP contribution in [-0.4, -0.2) is 41.7 Å². The van der Waals surface area contributed by atoms with E-state index in [1.165, 1.54) is 0 Å². The minimum Gasteiger partial charge on any atom is -0.477 e. The van der Waals surface area contributed by atoms with E-state index in [0.717, 1.165) is 31.5 Å². The van der Waals surface area contributed by atoms with Gasteiger partial charge < -0.3 is 4.74 Å². The largest absolute Gasteiger partial charge is 0.477 e. The van der Waals surface area contributed by atoms with Gasteiger partial charge in [-0.05, 0) is 12.3 Å². The number of hydrogen-bond acceptors (Lipinski definition) is 4. The Morgan fingerprint density at radius 1 is 1.53 bits per heavy atom. The van der Waals surface area contributed by atoms with Gasteiger partial charge in [0.2, 0.25) is 5.88 Å². The van der Waals surface area contributed by atoms with Gasteiger partial charge in [0, 0.05) is 37.1 Å². The van der Waals surface area contributed by atoms with Crippen LogP contribution < -0.4 is 4.74 Å². The molecule has 82 valence electrons. The summed E-state index contributed by atoms with van der Waals surface area (Å²) in [4.78, 5) is 6.55. The lowest BCUT2D eigenvalue weighted by molar-refractivity contribution is 0.0784. The Balaban J connectivity index is 1.64. The number of nitrogens with zero attached hydrogens (tertiary/aromatic N) is 2. The fraction of sp³-hybridized carbons (Fsp3) is 0.545. The van der Waals surface area contributed by atoms with Crippen molar-refractivity contribution in [3.63, 3.8) is 0 Å². The second kappa shape index (κ2) is 5.37. The maximum absolute atomic E-state index is 5.59. The summed E-state index contributed by atoms with van der Waals surface area (Å²) in [7, 11) is 0. The van der Waals surface area contributed by atoms with Crippen LogP contribution >= 0.6 is 11.8 Å². The van der Waals surface area contributed by atoms with E-state index in [9.17, 15) is 0 Å². The summed E-state index contributed by atoms with van der Waals surface area (Å²) in [6.07, 6.45) is 3.90. The van der Waals surface area contributed by atoms with Crippen molar-refractivity contribution in [1.29, 1.82) is 0 Å². The van der Waals surface area contributed by atoms with Crippen molar-refractivity contribution >= 4 is 11.8 Å². The van der Waals surface area contributed by atoms with Gasteiger partial charge in [-0.15, -0.1) is 11.8 Å². The first kappa shape index (κ1) is 10.8. The van der Waals surface area contributed by atoms with Crippen molar-refractivity contribution in [2.75, 3.05) is 31.8 Å². The van der Waals surface area contributed by atoms with E-state index in [1.54, 1.807) is 6.20 Å². The first-order chi connectivity index (χ1) is 7.38. The molecular formula is C11H16N2OS. The van der Waals surface area contributed by atoms with Crippen molar-refractivity contribution in [2.24, 2.45) is 5.92 Å². The topological polar surface area (TPSA) is 25.4 Å². The highest BCUT2D eigenvalue weighted by atomic mass is 32.2. The smallest absolute Gasteiger partial charge is 0.213 e. The monoisotopic (exact) mass is 224 g/mol. The molecule has 0 unspecified atom stereocenters. The minimum absolute atomic E-state index is 0.680. The molecule has 0 aromatic carbocycles. The Labute approximate surface area is 94.8 Å². The van der Waals surface area contributed by atoms with Crippen LogP contribution in [0, 0.1) is 5.92 Å². The fourth-order valence-corrected chi connectivity index (χ4v) is 2.28. The number of ether oxygens (including phenoxy) is 1. The van der Waals surface area contributed by atoms with Crippen LogP contribution in [0.4, 0.5) is 0 Å². The van der Waals surface area contributed by atoms with Gasteiger partial charge in [-0.3, -0.25) is 4.90 Å². The summed E-state index contributed by atoms with van der Waals surface area (Å²) < 4.78 is 5.59. The number of thioether (sulfide) groups is 1. The zero-order valence-electron chi connectivity index (χ0n) is 8.93. The van der Waals surface area contributed by atoms with Gasteiger partial charge in [0.15, 0.2) is 0 Å². The molecular weight excluding hydrogens is 208 g/mol. The Morgan fingerprint density at radius 3 is 3.07 bits per heavy atom. The van der Waals surface area contributed by atoms with Gasteiger partial charge in [0.1, 0.15) is 0 Å². The van der Waals surface area contributed by atoms with Crippen LogP contribution in [0.2, 0.25) is 0 Å². The van der Waals surface area contributed by atoms with Crippen LogP contribution in [0.1, 0.15) is 0 Å². The molecule has 1 aromatic rings. The normalized spacial score (nSPS) is 17.4. The third-order valence-electron chi connectivity index (χ3n) is 2.45. The highest BCUT2D eigenvalue weighted by Gasteiger charge is 2.26. The quantitative estimate of drug-likeness (QED) is 0.760. The minimum atomic E-state index is 0.680. The van der Waals surface area contributed by atoms with Gasteiger partial charge in [-0.1, -0.05) is 6.07 Å². The third-order valence-corrected chi connectivity index (χ3v) is 3.07. The molecule has 1 aliphatic heterocycles. The van der Waals surface area contributed by atoms with E-state index in [-0.39, 0.29) is 0 Å². The summed E-state index contributed by atoms with van der Waals surface area (Å²) in [6.45, 7) is 3.11. The molecule has 15 heavy (non-hydrogen) atoms. The van der Waals surface area contributed by atoms with E-state index < -0.39 is 0 Å². The molecule has 0 aliphatic carbocycles. The molecule has 2 heterocycles. The van der Waals surface area contributed by atoms with Gasteiger partial charge in [0.05, 0.1) is 6.61 Å². The van der Waals surface area contributed by atoms with Crippen molar-refractivity contribution in [3.8, 4) is 5.88 Å². The number of pyridine rings is 1. The molecule has 0 spiro atoms. The van der Waals surface area contributed by atoms with Gasteiger partial charge in [-0.25, -0.2) is 4.98 Å². The maximum Gasteiger partial charge on any atom is 0.213 e. The Morgan fingerprint density at radius 2 is 2.40 bits per heavy atom. The first-order valence-electron chi connectivity index (χ1n) is 5.13. The lowest BCUT2D eigenvalue weighted by Crippen LogP contribution is -2.48. The molecule has 1 aromatic heterocycles. The van der Waals surface area contributed by atoms with E-state index in [4.69, 9.17) is 4.74 Å². The molecule has 0 radical (unpaired) electrons. The number of aromatic nitrogens is 1. The lowest BCUT2D eigenvalue weighted by Gasteiger charge is -2.38. The fourth-order valence-electron chi connectivity index (χ4n) is 1.71. The summed E-state index contributed by atoms with van der Waals surface area (Å²) in [5, 5.41) is 0. The second-order valence-corrected chi connectivity index (χ2v) is 4.63. The van der Waals surface area contributed by atoms with Crippen LogP contribution in [0.25, 0.3) is 0 Å². The van der Waals surface area contributed by atoms with Crippen LogP contribution in [0.5, 0.6) is 5.88 Å². The lowest BCUT2D eigenvalue weighted by atomic mass is 10.0. The van der Waals surface area contributed by atoms with E-state index in [1.807, 2.05) is 30.0 Å². The van der Waals surface area contributed by atoms with Gasteiger partial charge in [-0.2, -0.15) is 0 Å². The van der Waals surface area contributed by atoms with Crippen molar-refractivity contribution in [1.82, 2.24) is 9.88 Å². The van der Waals surface area contributed by atoms with E-state index in [0.29, 0.717) is 5.92 Å².